The van der Waals surface area contributed by atoms with Gasteiger partial charge in [0.25, 0.3) is 0 Å². The first kappa shape index (κ1) is 13.6. The lowest BCUT2D eigenvalue weighted by Gasteiger charge is -2.33. The third kappa shape index (κ3) is 2.61. The van der Waals surface area contributed by atoms with Crippen LogP contribution in [-0.2, 0) is 0 Å². The Bertz CT molecular complexity index is 370. The average molecular weight is 249 g/mol. The van der Waals surface area contributed by atoms with Gasteiger partial charge in [-0.25, -0.2) is 4.98 Å². The Labute approximate surface area is 111 Å². The van der Waals surface area contributed by atoms with Crippen LogP contribution in [-0.4, -0.2) is 16.1 Å². The van der Waals surface area contributed by atoms with Gasteiger partial charge in [0.1, 0.15) is 0 Å². The SMILES string of the molecule is CC(C)C(CN)c1cncn1C1CCCCC1C. The van der Waals surface area contributed by atoms with Gasteiger partial charge in [0.05, 0.1) is 6.33 Å². The van der Waals surface area contributed by atoms with E-state index in [4.69, 9.17) is 5.73 Å². The van der Waals surface area contributed by atoms with Crippen molar-refractivity contribution in [3.63, 3.8) is 0 Å². The predicted octanol–water partition coefficient (Wildman–Crippen LogP) is 3.33. The topological polar surface area (TPSA) is 43.8 Å². The highest BCUT2D eigenvalue weighted by Crippen LogP contribution is 2.36. The summed E-state index contributed by atoms with van der Waals surface area (Å²) in [6.45, 7) is 7.59. The summed E-state index contributed by atoms with van der Waals surface area (Å²) in [5.74, 6) is 1.77. The molecular weight excluding hydrogens is 222 g/mol. The molecule has 2 N–H and O–H groups in total. The molecule has 1 aromatic rings. The van der Waals surface area contributed by atoms with Crippen LogP contribution in [0.25, 0.3) is 0 Å². The van der Waals surface area contributed by atoms with Crippen LogP contribution in [0.15, 0.2) is 12.5 Å². The van der Waals surface area contributed by atoms with Gasteiger partial charge in [0.2, 0.25) is 0 Å². The lowest BCUT2D eigenvalue weighted by atomic mass is 9.84. The maximum Gasteiger partial charge on any atom is 0.0950 e. The zero-order chi connectivity index (χ0) is 13.1. The van der Waals surface area contributed by atoms with Crippen molar-refractivity contribution in [1.29, 1.82) is 0 Å². The third-order valence-corrected chi connectivity index (χ3v) is 4.56. The van der Waals surface area contributed by atoms with Crippen molar-refractivity contribution in [2.75, 3.05) is 6.54 Å². The Balaban J connectivity index is 2.25. The standard InChI is InChI=1S/C15H27N3/c1-11(2)13(8-16)15-9-17-10-18(15)14-7-5-4-6-12(14)3/h9-14H,4-8,16H2,1-3H3. The van der Waals surface area contributed by atoms with Gasteiger partial charge in [0.15, 0.2) is 0 Å². The van der Waals surface area contributed by atoms with E-state index in [-0.39, 0.29) is 0 Å². The fraction of sp³-hybridized carbons (Fsp3) is 0.800. The van der Waals surface area contributed by atoms with Gasteiger partial charge in [-0.3, -0.25) is 0 Å². The molecule has 3 atom stereocenters. The summed E-state index contributed by atoms with van der Waals surface area (Å²) >= 11 is 0. The van der Waals surface area contributed by atoms with E-state index in [1.54, 1.807) is 0 Å². The van der Waals surface area contributed by atoms with Gasteiger partial charge < -0.3 is 10.3 Å². The molecule has 102 valence electrons. The molecule has 0 amide bonds. The normalized spacial score (nSPS) is 26.5. The van der Waals surface area contributed by atoms with Crippen molar-refractivity contribution in [2.45, 2.75) is 58.4 Å². The number of nitrogens with zero attached hydrogens (tertiary/aromatic N) is 2. The van der Waals surface area contributed by atoms with Gasteiger partial charge in [-0.05, 0) is 24.7 Å². The molecule has 0 aromatic carbocycles. The van der Waals surface area contributed by atoms with E-state index < -0.39 is 0 Å². The Hall–Kier alpha value is -0.830. The van der Waals surface area contributed by atoms with E-state index in [1.807, 2.05) is 12.5 Å². The van der Waals surface area contributed by atoms with Crippen molar-refractivity contribution in [3.05, 3.63) is 18.2 Å². The van der Waals surface area contributed by atoms with Gasteiger partial charge in [0, 0.05) is 30.4 Å². The molecule has 0 bridgehead atoms. The fourth-order valence-corrected chi connectivity index (χ4v) is 3.32. The van der Waals surface area contributed by atoms with E-state index in [1.165, 1.54) is 31.4 Å². The molecule has 1 aliphatic carbocycles. The number of imidazole rings is 1. The fourth-order valence-electron chi connectivity index (χ4n) is 3.32. The van der Waals surface area contributed by atoms with Crippen LogP contribution in [0.4, 0.5) is 0 Å². The summed E-state index contributed by atoms with van der Waals surface area (Å²) in [4.78, 5) is 4.39. The molecule has 0 saturated heterocycles. The first-order valence-corrected chi connectivity index (χ1v) is 7.37. The highest BCUT2D eigenvalue weighted by Gasteiger charge is 2.27. The maximum atomic E-state index is 5.96. The van der Waals surface area contributed by atoms with Crippen LogP contribution in [0.5, 0.6) is 0 Å². The molecule has 0 radical (unpaired) electrons. The smallest absolute Gasteiger partial charge is 0.0950 e. The summed E-state index contributed by atoms with van der Waals surface area (Å²) < 4.78 is 2.42. The molecule has 0 spiro atoms. The maximum absolute atomic E-state index is 5.96. The van der Waals surface area contributed by atoms with Crippen LogP contribution in [0.3, 0.4) is 0 Å². The highest BCUT2D eigenvalue weighted by molar-refractivity contribution is 5.10. The number of rotatable bonds is 4. The molecule has 3 heteroatoms. The summed E-state index contributed by atoms with van der Waals surface area (Å²) in [5.41, 5.74) is 7.30. The predicted molar refractivity (Wildman–Crippen MR) is 75.5 cm³/mol. The summed E-state index contributed by atoms with van der Waals surface area (Å²) in [6, 6.07) is 0.629. The Morgan fingerprint density at radius 2 is 2.11 bits per heavy atom. The van der Waals surface area contributed by atoms with Crippen LogP contribution < -0.4 is 5.73 Å². The molecule has 2 rings (SSSR count). The first-order valence-electron chi connectivity index (χ1n) is 7.37. The van der Waals surface area contributed by atoms with Crippen LogP contribution in [0, 0.1) is 11.8 Å². The summed E-state index contributed by atoms with van der Waals surface area (Å²) in [7, 11) is 0. The Morgan fingerprint density at radius 3 is 2.72 bits per heavy atom. The molecule has 0 aliphatic heterocycles. The molecule has 1 aliphatic rings. The first-order chi connectivity index (χ1) is 8.65. The second-order valence-electron chi connectivity index (χ2n) is 6.14. The van der Waals surface area contributed by atoms with Gasteiger partial charge in [-0.2, -0.15) is 0 Å². The van der Waals surface area contributed by atoms with Gasteiger partial charge in [-0.1, -0.05) is 33.6 Å². The van der Waals surface area contributed by atoms with Crippen molar-refractivity contribution in [3.8, 4) is 0 Å². The molecule has 1 heterocycles. The van der Waals surface area contributed by atoms with Gasteiger partial charge >= 0.3 is 0 Å². The minimum atomic E-state index is 0.432. The zero-order valence-corrected chi connectivity index (χ0v) is 12.0. The lowest BCUT2D eigenvalue weighted by molar-refractivity contribution is 0.248. The largest absolute Gasteiger partial charge is 0.331 e. The third-order valence-electron chi connectivity index (χ3n) is 4.56. The minimum absolute atomic E-state index is 0.432. The number of aromatic nitrogens is 2. The molecule has 1 aromatic heterocycles. The van der Waals surface area contributed by atoms with E-state index in [0.717, 1.165) is 5.92 Å². The monoisotopic (exact) mass is 249 g/mol. The molecule has 1 saturated carbocycles. The van der Waals surface area contributed by atoms with E-state index >= 15 is 0 Å². The Morgan fingerprint density at radius 1 is 1.39 bits per heavy atom. The molecule has 1 fully saturated rings. The van der Waals surface area contributed by atoms with Crippen LogP contribution in [0.2, 0.25) is 0 Å². The van der Waals surface area contributed by atoms with Crippen molar-refractivity contribution in [1.82, 2.24) is 9.55 Å². The second kappa shape index (κ2) is 5.87. The quantitative estimate of drug-likeness (QED) is 0.889. The van der Waals surface area contributed by atoms with E-state index in [2.05, 4.69) is 30.3 Å². The second-order valence-corrected chi connectivity index (χ2v) is 6.14. The van der Waals surface area contributed by atoms with Gasteiger partial charge in [-0.15, -0.1) is 0 Å². The van der Waals surface area contributed by atoms with Crippen molar-refractivity contribution < 1.29 is 0 Å². The van der Waals surface area contributed by atoms with E-state index in [0.29, 0.717) is 24.4 Å². The lowest BCUT2D eigenvalue weighted by Crippen LogP contribution is -2.26. The zero-order valence-electron chi connectivity index (χ0n) is 12.0. The molecular formula is C15H27N3. The number of hydrogen-bond donors (Lipinski definition) is 1. The van der Waals surface area contributed by atoms with Crippen molar-refractivity contribution in [2.24, 2.45) is 17.6 Å². The van der Waals surface area contributed by atoms with E-state index in [9.17, 15) is 0 Å². The Kier molecular flexibility index (Phi) is 4.44. The van der Waals surface area contributed by atoms with Crippen molar-refractivity contribution >= 4 is 0 Å². The molecule has 3 unspecified atom stereocenters. The number of nitrogens with two attached hydrogens (primary N) is 1. The molecule has 18 heavy (non-hydrogen) atoms. The highest BCUT2D eigenvalue weighted by atomic mass is 15.1. The number of hydrogen-bond acceptors (Lipinski definition) is 2. The van der Waals surface area contributed by atoms with Crippen LogP contribution in [0.1, 0.15) is 64.1 Å². The van der Waals surface area contributed by atoms with Crippen LogP contribution >= 0.6 is 0 Å². The minimum Gasteiger partial charge on any atom is -0.331 e. The average Bonchev–Trinajstić information content (AvgIpc) is 2.79. The summed E-state index contributed by atoms with van der Waals surface area (Å²) in [6.07, 6.45) is 9.41. The summed E-state index contributed by atoms with van der Waals surface area (Å²) in [5, 5.41) is 0. The molecule has 3 nitrogen and oxygen atoms in total.